The minimum atomic E-state index is -0.923. The van der Waals surface area contributed by atoms with E-state index >= 15 is 0 Å². The Kier molecular flexibility index (Phi) is 10.7. The first-order valence-electron chi connectivity index (χ1n) is 13.9. The van der Waals surface area contributed by atoms with E-state index < -0.39 is 22.8 Å². The second-order valence-corrected chi connectivity index (χ2v) is 10.0. The van der Waals surface area contributed by atoms with Gasteiger partial charge in [-0.15, -0.1) is 0 Å². The van der Waals surface area contributed by atoms with Crippen molar-refractivity contribution < 1.29 is 38.2 Å². The number of hydrogen-bond acceptors (Lipinski definition) is 10. The van der Waals surface area contributed by atoms with E-state index in [0.29, 0.717) is 29.3 Å². The third-order valence-electron chi connectivity index (χ3n) is 7.14. The molecule has 0 amide bonds. The molecular formula is C31H36N2O9. The van der Waals surface area contributed by atoms with Gasteiger partial charge in [0.15, 0.2) is 6.29 Å². The monoisotopic (exact) mass is 580 g/mol. The minimum Gasteiger partial charge on any atom is -0.490 e. The fraction of sp³-hybridized carbons (Fsp3) is 0.419. The van der Waals surface area contributed by atoms with Crippen LogP contribution < -0.4 is 10.1 Å². The zero-order valence-corrected chi connectivity index (χ0v) is 24.1. The number of carbonyl (C=O) groups is 2. The molecule has 0 aromatic heterocycles. The molecule has 2 aromatic rings. The zero-order valence-electron chi connectivity index (χ0n) is 24.1. The summed E-state index contributed by atoms with van der Waals surface area (Å²) in [7, 11) is 1.24. The van der Waals surface area contributed by atoms with Crippen LogP contribution in [-0.4, -0.2) is 56.7 Å². The third-order valence-corrected chi connectivity index (χ3v) is 7.14. The van der Waals surface area contributed by atoms with Gasteiger partial charge in [-0.1, -0.05) is 24.3 Å². The van der Waals surface area contributed by atoms with Crippen molar-refractivity contribution in [1.29, 1.82) is 0 Å². The lowest BCUT2D eigenvalue weighted by atomic mass is 9.80. The molecule has 0 saturated carbocycles. The quantitative estimate of drug-likeness (QED) is 0.163. The van der Waals surface area contributed by atoms with Crippen LogP contribution in [0.5, 0.6) is 5.75 Å². The highest BCUT2D eigenvalue weighted by Crippen LogP contribution is 2.40. The van der Waals surface area contributed by atoms with E-state index in [1.54, 1.807) is 19.9 Å². The highest BCUT2D eigenvalue weighted by Gasteiger charge is 2.38. The number of nitro benzene ring substituents is 1. The lowest BCUT2D eigenvalue weighted by molar-refractivity contribution is -0.384. The number of ether oxygens (including phenoxy) is 5. The average molecular weight is 581 g/mol. The number of allylic oxidation sites excluding steroid dienone is 2. The van der Waals surface area contributed by atoms with Gasteiger partial charge >= 0.3 is 11.9 Å². The number of esters is 2. The maximum atomic E-state index is 13.3. The first-order chi connectivity index (χ1) is 20.3. The number of rotatable bonds is 12. The van der Waals surface area contributed by atoms with Gasteiger partial charge in [0.1, 0.15) is 19.0 Å². The maximum Gasteiger partial charge on any atom is 0.336 e. The number of carbonyl (C=O) groups excluding carboxylic acids is 2. The summed E-state index contributed by atoms with van der Waals surface area (Å²) >= 11 is 0. The molecular weight excluding hydrogens is 544 g/mol. The van der Waals surface area contributed by atoms with E-state index in [2.05, 4.69) is 5.32 Å². The van der Waals surface area contributed by atoms with E-state index in [0.717, 1.165) is 37.9 Å². The van der Waals surface area contributed by atoms with Crippen molar-refractivity contribution >= 4 is 17.6 Å². The molecule has 1 saturated heterocycles. The number of benzene rings is 2. The van der Waals surface area contributed by atoms with Crippen molar-refractivity contribution in [3.05, 3.63) is 92.3 Å². The molecule has 4 rings (SSSR count). The van der Waals surface area contributed by atoms with Gasteiger partial charge in [0.05, 0.1) is 35.7 Å². The van der Waals surface area contributed by atoms with E-state index in [-0.39, 0.29) is 36.3 Å². The van der Waals surface area contributed by atoms with Crippen LogP contribution in [0.15, 0.2) is 71.1 Å². The Bertz CT molecular complexity index is 1340. The summed E-state index contributed by atoms with van der Waals surface area (Å²) in [6.45, 7) is 4.75. The molecule has 2 atom stereocenters. The average Bonchev–Trinajstić information content (AvgIpc) is 2.99. The summed E-state index contributed by atoms with van der Waals surface area (Å²) in [6, 6.07) is 13.4. The van der Waals surface area contributed by atoms with Crippen molar-refractivity contribution in [2.45, 2.75) is 51.7 Å². The summed E-state index contributed by atoms with van der Waals surface area (Å²) < 4.78 is 27.6. The largest absolute Gasteiger partial charge is 0.490 e. The molecule has 11 heteroatoms. The highest BCUT2D eigenvalue weighted by molar-refractivity contribution is 5.99. The van der Waals surface area contributed by atoms with E-state index in [4.69, 9.17) is 23.7 Å². The van der Waals surface area contributed by atoms with Crippen LogP contribution in [0.4, 0.5) is 5.69 Å². The molecule has 2 aromatic carbocycles. The molecule has 2 heterocycles. The summed E-state index contributed by atoms with van der Waals surface area (Å²) in [5.74, 6) is -1.63. The summed E-state index contributed by atoms with van der Waals surface area (Å²) in [5, 5.41) is 14.5. The van der Waals surface area contributed by atoms with Gasteiger partial charge in [0.2, 0.25) is 0 Å². The number of dihydropyridines is 1. The molecule has 11 nitrogen and oxygen atoms in total. The van der Waals surface area contributed by atoms with Crippen molar-refractivity contribution in [1.82, 2.24) is 5.32 Å². The number of nitrogens with zero attached hydrogens (tertiary/aromatic N) is 1. The highest BCUT2D eigenvalue weighted by atomic mass is 16.7. The number of non-ortho nitro benzene ring substituents is 1. The number of nitro groups is 1. The van der Waals surface area contributed by atoms with Crippen LogP contribution in [0.1, 0.15) is 50.2 Å². The number of methoxy groups -OCH3 is 1. The first kappa shape index (κ1) is 30.7. The van der Waals surface area contributed by atoms with Crippen LogP contribution in [0.25, 0.3) is 0 Å². The van der Waals surface area contributed by atoms with Crippen molar-refractivity contribution in [2.24, 2.45) is 0 Å². The van der Waals surface area contributed by atoms with Gasteiger partial charge in [-0.25, -0.2) is 9.59 Å². The third kappa shape index (κ3) is 7.74. The lowest BCUT2D eigenvalue weighted by Gasteiger charge is -2.30. The van der Waals surface area contributed by atoms with Gasteiger partial charge < -0.3 is 29.0 Å². The number of nitrogens with one attached hydrogen (secondary N) is 1. The number of hydrogen-bond donors (Lipinski definition) is 1. The van der Waals surface area contributed by atoms with Crippen LogP contribution in [0.2, 0.25) is 0 Å². The SMILES string of the molecule is COC(=O)C1=C(C)NC(C)=C(C(=O)OCCOc2ccc(CCOC3CCCCO3)cc2)C1c1cccc([N+](=O)[O-])c1. The van der Waals surface area contributed by atoms with Gasteiger partial charge in [-0.2, -0.15) is 0 Å². The van der Waals surface area contributed by atoms with Crippen LogP contribution in [0.3, 0.4) is 0 Å². The predicted octanol–water partition coefficient (Wildman–Crippen LogP) is 4.71. The molecule has 224 valence electrons. The second kappa shape index (κ2) is 14.6. The molecule has 2 unspecified atom stereocenters. The summed E-state index contributed by atoms with van der Waals surface area (Å²) in [6.07, 6.45) is 3.80. The van der Waals surface area contributed by atoms with Gasteiger partial charge in [0.25, 0.3) is 5.69 Å². The first-order valence-corrected chi connectivity index (χ1v) is 13.9. The summed E-state index contributed by atoms with van der Waals surface area (Å²) in [4.78, 5) is 37.0. The Balaban J connectivity index is 1.36. The Labute approximate surface area is 244 Å². The van der Waals surface area contributed by atoms with E-state index in [9.17, 15) is 19.7 Å². The van der Waals surface area contributed by atoms with Crippen LogP contribution in [0, 0.1) is 10.1 Å². The Morgan fingerprint density at radius 2 is 1.74 bits per heavy atom. The molecule has 1 N–H and O–H groups in total. The molecule has 2 aliphatic heterocycles. The molecule has 42 heavy (non-hydrogen) atoms. The van der Waals surface area contributed by atoms with Crippen LogP contribution >= 0.6 is 0 Å². The van der Waals surface area contributed by atoms with Crippen molar-refractivity contribution in [2.75, 3.05) is 33.5 Å². The Hall–Kier alpha value is -4.22. The minimum absolute atomic E-state index is 0.0511. The van der Waals surface area contributed by atoms with Crippen molar-refractivity contribution in [3.8, 4) is 5.75 Å². The van der Waals surface area contributed by atoms with E-state index in [1.807, 2.05) is 24.3 Å². The fourth-order valence-corrected chi connectivity index (χ4v) is 5.07. The molecule has 0 radical (unpaired) electrons. The van der Waals surface area contributed by atoms with Crippen LogP contribution in [-0.2, 0) is 35.0 Å². The standard InChI is InChI=1S/C31H36N2O9/c1-20-27(30(34)38-3)29(23-7-6-8-24(19-23)33(36)37)28(21(2)32-20)31(35)42-18-17-39-25-12-10-22(11-13-25)14-16-41-26-9-4-5-15-40-26/h6-8,10-13,19,26,29,32H,4-5,9,14-18H2,1-3H3. The van der Waals surface area contributed by atoms with E-state index in [1.165, 1.54) is 25.3 Å². The lowest BCUT2D eigenvalue weighted by Crippen LogP contribution is -2.32. The smallest absolute Gasteiger partial charge is 0.336 e. The molecule has 0 bridgehead atoms. The van der Waals surface area contributed by atoms with Gasteiger partial charge in [-0.05, 0) is 62.8 Å². The predicted molar refractivity (Wildman–Crippen MR) is 153 cm³/mol. The fourth-order valence-electron chi connectivity index (χ4n) is 5.07. The molecule has 1 fully saturated rings. The molecule has 2 aliphatic rings. The maximum absolute atomic E-state index is 13.3. The second-order valence-electron chi connectivity index (χ2n) is 10.0. The normalized spacial score (nSPS) is 18.7. The molecule has 0 spiro atoms. The summed E-state index contributed by atoms with van der Waals surface area (Å²) in [5.41, 5.74) is 2.61. The van der Waals surface area contributed by atoms with Crippen molar-refractivity contribution in [3.63, 3.8) is 0 Å². The topological polar surface area (TPSA) is 135 Å². The Morgan fingerprint density at radius 3 is 2.40 bits per heavy atom. The zero-order chi connectivity index (χ0) is 30.1. The van der Waals surface area contributed by atoms with Gasteiger partial charge in [0, 0.05) is 30.1 Å². The molecule has 0 aliphatic carbocycles. The Morgan fingerprint density at radius 1 is 1.00 bits per heavy atom. The van der Waals surface area contributed by atoms with Gasteiger partial charge in [-0.3, -0.25) is 10.1 Å².